The molecule has 60 valence electrons. The third-order valence-electron chi connectivity index (χ3n) is 3.54. The summed E-state index contributed by atoms with van der Waals surface area (Å²) in [6.07, 6.45) is 4.60. The van der Waals surface area contributed by atoms with Crippen molar-refractivity contribution < 1.29 is 0 Å². The molecule has 2 atom stereocenters. The van der Waals surface area contributed by atoms with Gasteiger partial charge in [-0.1, -0.05) is 27.7 Å². The summed E-state index contributed by atoms with van der Waals surface area (Å²) < 4.78 is 0. The molecular weight excluding hydrogens is 120 g/mol. The number of hydrogen-bond donors (Lipinski definition) is 0. The Hall–Kier alpha value is 0. The average molecular weight is 140 g/mol. The van der Waals surface area contributed by atoms with Crippen LogP contribution in [-0.2, 0) is 0 Å². The van der Waals surface area contributed by atoms with Gasteiger partial charge in [-0.25, -0.2) is 0 Å². The fraction of sp³-hybridized carbons (Fsp3) is 1.00. The van der Waals surface area contributed by atoms with E-state index in [-0.39, 0.29) is 0 Å². The Morgan fingerprint density at radius 1 is 1.00 bits per heavy atom. The Morgan fingerprint density at radius 3 is 1.50 bits per heavy atom. The molecule has 0 saturated heterocycles. The van der Waals surface area contributed by atoms with Gasteiger partial charge in [-0.15, -0.1) is 0 Å². The first-order valence-corrected chi connectivity index (χ1v) is 4.71. The van der Waals surface area contributed by atoms with Crippen LogP contribution in [0.15, 0.2) is 0 Å². The maximum absolute atomic E-state index is 2.43. The third-order valence-corrected chi connectivity index (χ3v) is 3.54. The Bertz CT molecular complexity index is 97.2. The van der Waals surface area contributed by atoms with Crippen molar-refractivity contribution in [3.63, 3.8) is 0 Å². The number of hydrogen-bond acceptors (Lipinski definition) is 0. The van der Waals surface area contributed by atoms with Crippen LogP contribution in [0.3, 0.4) is 0 Å². The highest BCUT2D eigenvalue weighted by Crippen LogP contribution is 2.61. The molecule has 2 bridgehead atoms. The highest BCUT2D eigenvalue weighted by atomic mass is 14.6. The van der Waals surface area contributed by atoms with Crippen molar-refractivity contribution in [3.8, 4) is 0 Å². The molecule has 0 aromatic carbocycles. The molecule has 0 heterocycles. The summed E-state index contributed by atoms with van der Waals surface area (Å²) in [5.41, 5.74) is 0.750. The van der Waals surface area contributed by atoms with E-state index >= 15 is 0 Å². The molecule has 2 unspecified atom stereocenters. The first-order chi connectivity index (χ1) is 4.71. The molecule has 0 N–H and O–H groups in total. The van der Waals surface area contributed by atoms with Gasteiger partial charge in [0.2, 0.25) is 0 Å². The SMILES string of the molecule is CC.CC1(C)C2CCC1C2. The van der Waals surface area contributed by atoms with Crippen molar-refractivity contribution in [2.45, 2.75) is 47.0 Å². The van der Waals surface area contributed by atoms with Gasteiger partial charge in [0, 0.05) is 0 Å². The number of fused-ring (bicyclic) bond motifs is 1. The van der Waals surface area contributed by atoms with Gasteiger partial charge in [-0.05, 0) is 36.5 Å². The van der Waals surface area contributed by atoms with Crippen molar-refractivity contribution in [2.75, 3.05) is 0 Å². The minimum Gasteiger partial charge on any atom is -0.0683 e. The predicted octanol–water partition coefficient (Wildman–Crippen LogP) is 3.47. The second-order valence-corrected chi connectivity index (χ2v) is 4.03. The Balaban J connectivity index is 0.000000231. The molecule has 3 fully saturated rings. The smallest absolute Gasteiger partial charge is 0.0297 e. The molecule has 0 radical (unpaired) electrons. The van der Waals surface area contributed by atoms with Crippen LogP contribution >= 0.6 is 0 Å². The van der Waals surface area contributed by atoms with Gasteiger partial charge < -0.3 is 0 Å². The molecule has 0 amide bonds. The lowest BCUT2D eigenvalue weighted by molar-refractivity contribution is 0.0523. The molecule has 3 aliphatic rings. The van der Waals surface area contributed by atoms with Crippen molar-refractivity contribution in [1.82, 2.24) is 0 Å². The molecule has 0 heteroatoms. The second-order valence-electron chi connectivity index (χ2n) is 4.03. The van der Waals surface area contributed by atoms with Crippen LogP contribution in [0.1, 0.15) is 47.0 Å². The highest BCUT2D eigenvalue weighted by Gasteiger charge is 2.52. The van der Waals surface area contributed by atoms with Crippen molar-refractivity contribution in [1.29, 1.82) is 0 Å². The van der Waals surface area contributed by atoms with Crippen LogP contribution in [0.25, 0.3) is 0 Å². The lowest BCUT2D eigenvalue weighted by atomic mass is 9.61. The summed E-state index contributed by atoms with van der Waals surface area (Å²) in [5.74, 6) is 2.21. The first-order valence-electron chi connectivity index (χ1n) is 4.71. The summed E-state index contributed by atoms with van der Waals surface area (Å²) in [4.78, 5) is 0. The van der Waals surface area contributed by atoms with Gasteiger partial charge in [0.25, 0.3) is 0 Å². The molecular formula is C10H20. The van der Waals surface area contributed by atoms with Gasteiger partial charge >= 0.3 is 0 Å². The fourth-order valence-electron chi connectivity index (χ4n) is 2.51. The zero-order valence-corrected chi connectivity index (χ0v) is 7.78. The third kappa shape index (κ3) is 0.889. The minimum absolute atomic E-state index is 0.750. The zero-order valence-electron chi connectivity index (χ0n) is 7.78. The van der Waals surface area contributed by atoms with Crippen LogP contribution in [0.4, 0.5) is 0 Å². The van der Waals surface area contributed by atoms with E-state index in [0.717, 1.165) is 17.3 Å². The quantitative estimate of drug-likeness (QED) is 0.483. The van der Waals surface area contributed by atoms with E-state index < -0.39 is 0 Å². The maximum Gasteiger partial charge on any atom is -0.0297 e. The standard InChI is InChI=1S/C8H14.C2H6/c1-8(2)6-3-4-7(8)5-6;1-2/h6-7H,3-5H2,1-2H3;1-2H3. The van der Waals surface area contributed by atoms with Crippen molar-refractivity contribution in [3.05, 3.63) is 0 Å². The maximum atomic E-state index is 2.43. The highest BCUT2D eigenvalue weighted by molar-refractivity contribution is 5.02. The van der Waals surface area contributed by atoms with E-state index in [9.17, 15) is 0 Å². The molecule has 3 aliphatic carbocycles. The molecule has 0 aliphatic heterocycles. The van der Waals surface area contributed by atoms with E-state index in [2.05, 4.69) is 13.8 Å². The molecule has 0 spiro atoms. The van der Waals surface area contributed by atoms with E-state index in [1.807, 2.05) is 13.8 Å². The predicted molar refractivity (Wildman–Crippen MR) is 46.0 cm³/mol. The largest absolute Gasteiger partial charge is 0.0683 e. The topological polar surface area (TPSA) is 0 Å². The number of rotatable bonds is 0. The van der Waals surface area contributed by atoms with Gasteiger partial charge in [-0.3, -0.25) is 0 Å². The summed E-state index contributed by atoms with van der Waals surface area (Å²) in [7, 11) is 0. The van der Waals surface area contributed by atoms with Gasteiger partial charge in [-0.2, -0.15) is 0 Å². The van der Waals surface area contributed by atoms with Crippen LogP contribution in [0.5, 0.6) is 0 Å². The molecule has 0 aromatic heterocycles. The van der Waals surface area contributed by atoms with E-state index in [1.165, 1.54) is 12.8 Å². The Morgan fingerprint density at radius 2 is 1.40 bits per heavy atom. The first kappa shape index (κ1) is 8.10. The normalized spacial score (nSPS) is 39.6. The average Bonchev–Trinajstić information content (AvgIpc) is 2.49. The molecule has 0 nitrogen and oxygen atoms in total. The molecule has 3 saturated carbocycles. The summed E-state index contributed by atoms with van der Waals surface area (Å²) in [6, 6.07) is 0. The molecule has 10 heavy (non-hydrogen) atoms. The second kappa shape index (κ2) is 2.56. The van der Waals surface area contributed by atoms with E-state index in [4.69, 9.17) is 0 Å². The summed E-state index contributed by atoms with van der Waals surface area (Å²) in [5, 5.41) is 0. The van der Waals surface area contributed by atoms with Crippen LogP contribution in [0, 0.1) is 17.3 Å². The van der Waals surface area contributed by atoms with E-state index in [1.54, 1.807) is 6.42 Å². The van der Waals surface area contributed by atoms with Crippen LogP contribution in [-0.4, -0.2) is 0 Å². The summed E-state index contributed by atoms with van der Waals surface area (Å²) in [6.45, 7) is 8.86. The van der Waals surface area contributed by atoms with Gasteiger partial charge in [0.15, 0.2) is 0 Å². The van der Waals surface area contributed by atoms with Gasteiger partial charge in [0.1, 0.15) is 0 Å². The monoisotopic (exact) mass is 140 g/mol. The fourth-order valence-corrected chi connectivity index (χ4v) is 2.51. The summed E-state index contributed by atoms with van der Waals surface area (Å²) >= 11 is 0. The zero-order chi connectivity index (χ0) is 7.78. The minimum atomic E-state index is 0.750. The lowest BCUT2D eigenvalue weighted by Gasteiger charge is -2.44. The van der Waals surface area contributed by atoms with Crippen molar-refractivity contribution >= 4 is 0 Å². The molecule has 0 aromatic rings. The molecule has 3 rings (SSSR count). The van der Waals surface area contributed by atoms with Crippen LogP contribution in [0.2, 0.25) is 0 Å². The van der Waals surface area contributed by atoms with E-state index in [0.29, 0.717) is 0 Å². The van der Waals surface area contributed by atoms with Crippen molar-refractivity contribution in [2.24, 2.45) is 17.3 Å². The van der Waals surface area contributed by atoms with Gasteiger partial charge in [0.05, 0.1) is 0 Å². The lowest BCUT2D eigenvalue weighted by Crippen LogP contribution is -2.36. The Kier molecular flexibility index (Phi) is 2.07. The van der Waals surface area contributed by atoms with Crippen LogP contribution < -0.4 is 0 Å². The Labute approximate surface area is 65.0 Å².